The molecule has 3 heterocycles. The van der Waals surface area contributed by atoms with Crippen molar-refractivity contribution >= 4 is 11.6 Å². The number of hydrogen-bond acceptors (Lipinski definition) is 6. The normalized spacial score (nSPS) is 30.4. The lowest BCUT2D eigenvalue weighted by Gasteiger charge is -2.51. The van der Waals surface area contributed by atoms with E-state index in [1.54, 1.807) is 19.2 Å². The Morgan fingerprint density at radius 1 is 1.35 bits per heavy atom. The minimum Gasteiger partial charge on any atom is -0.387 e. The maximum atomic E-state index is 11.3. The van der Waals surface area contributed by atoms with Gasteiger partial charge in [-0.2, -0.15) is 0 Å². The number of pyridine rings is 1. The van der Waals surface area contributed by atoms with Gasteiger partial charge in [-0.15, -0.1) is 0 Å². The zero-order chi connectivity index (χ0) is 16.7. The Bertz CT molecular complexity index is 577. The van der Waals surface area contributed by atoms with Crippen molar-refractivity contribution in [3.8, 4) is 0 Å². The molecule has 0 aromatic carbocycles. The number of Topliss-reactive ketones (excluding diaryl/α,β-unsaturated/α-hetero) is 1. The highest BCUT2D eigenvalue weighted by Crippen LogP contribution is 2.40. The van der Waals surface area contributed by atoms with E-state index >= 15 is 0 Å². The van der Waals surface area contributed by atoms with Crippen molar-refractivity contribution in [1.29, 1.82) is 0 Å². The molecule has 0 unspecified atom stereocenters. The highest BCUT2D eigenvalue weighted by molar-refractivity contribution is 5.93. The summed E-state index contributed by atoms with van der Waals surface area (Å²) in [5, 5.41) is 20.9. The predicted molar refractivity (Wildman–Crippen MR) is 85.6 cm³/mol. The first-order valence-electron chi connectivity index (χ1n) is 8.10. The van der Waals surface area contributed by atoms with Gasteiger partial charge in [0.1, 0.15) is 17.5 Å². The number of anilines is 1. The Morgan fingerprint density at radius 3 is 2.61 bits per heavy atom. The van der Waals surface area contributed by atoms with Crippen molar-refractivity contribution in [2.45, 2.75) is 50.4 Å². The third-order valence-corrected chi connectivity index (χ3v) is 5.17. The number of piperidine rings is 1. The molecule has 0 amide bonds. The van der Waals surface area contributed by atoms with Crippen molar-refractivity contribution < 1.29 is 19.7 Å². The van der Waals surface area contributed by atoms with Crippen molar-refractivity contribution in [3.63, 3.8) is 0 Å². The van der Waals surface area contributed by atoms with Crippen LogP contribution >= 0.6 is 0 Å². The number of aromatic nitrogens is 1. The van der Waals surface area contributed by atoms with Crippen LogP contribution in [0, 0.1) is 0 Å². The number of aliphatic hydroxyl groups is 2. The second-order valence-electron chi connectivity index (χ2n) is 6.87. The van der Waals surface area contributed by atoms with Crippen molar-refractivity contribution in [3.05, 3.63) is 23.9 Å². The molecule has 6 nitrogen and oxygen atoms in total. The number of aliphatic hydroxyl groups excluding tert-OH is 1. The summed E-state index contributed by atoms with van der Waals surface area (Å²) in [6.07, 6.45) is 2.45. The molecule has 0 aliphatic carbocycles. The molecule has 2 aliphatic heterocycles. The molecule has 0 radical (unpaired) electrons. The predicted octanol–water partition coefficient (Wildman–Crippen LogP) is 1.16. The number of carbonyl (C=O) groups excluding carboxylic acids is 1. The molecule has 23 heavy (non-hydrogen) atoms. The monoisotopic (exact) mass is 320 g/mol. The summed E-state index contributed by atoms with van der Waals surface area (Å²) < 4.78 is 5.89. The fourth-order valence-electron chi connectivity index (χ4n) is 3.56. The third-order valence-electron chi connectivity index (χ3n) is 5.17. The van der Waals surface area contributed by atoms with Crippen LogP contribution in [0.4, 0.5) is 5.82 Å². The van der Waals surface area contributed by atoms with Crippen LogP contribution < -0.4 is 4.90 Å². The van der Waals surface area contributed by atoms with E-state index in [4.69, 9.17) is 4.74 Å². The van der Waals surface area contributed by atoms with Crippen LogP contribution in [-0.2, 0) is 4.74 Å². The maximum Gasteiger partial charge on any atom is 0.161 e. The van der Waals surface area contributed by atoms with E-state index in [1.807, 2.05) is 6.07 Å². The van der Waals surface area contributed by atoms with Crippen molar-refractivity contribution in [1.82, 2.24) is 4.98 Å². The van der Waals surface area contributed by atoms with Crippen LogP contribution in [0.2, 0.25) is 0 Å². The number of ether oxygens (including phenoxy) is 1. The van der Waals surface area contributed by atoms with Crippen LogP contribution in [0.1, 0.15) is 43.5 Å². The minimum atomic E-state index is -1.10. The maximum absolute atomic E-state index is 11.3. The van der Waals surface area contributed by atoms with Crippen LogP contribution in [-0.4, -0.2) is 58.0 Å². The van der Waals surface area contributed by atoms with E-state index in [2.05, 4.69) is 9.88 Å². The van der Waals surface area contributed by atoms with Crippen LogP contribution in [0.5, 0.6) is 0 Å². The lowest BCUT2D eigenvalue weighted by atomic mass is 9.75. The first-order valence-corrected chi connectivity index (χ1v) is 8.10. The van der Waals surface area contributed by atoms with Crippen molar-refractivity contribution in [2.24, 2.45) is 0 Å². The molecular formula is C17H24N2O4. The largest absolute Gasteiger partial charge is 0.387 e. The second-order valence-corrected chi connectivity index (χ2v) is 6.87. The van der Waals surface area contributed by atoms with Gasteiger partial charge in [-0.05, 0) is 38.8 Å². The molecule has 3 rings (SSSR count). The SMILES string of the molecule is CC(=O)c1ccc(N2CCC3(CC2)OCC[C@@](C)(O)[C@@H]3O)nc1. The summed E-state index contributed by atoms with van der Waals surface area (Å²) >= 11 is 0. The number of carbonyl (C=O) groups is 1. The fraction of sp³-hybridized carbons (Fsp3) is 0.647. The van der Waals surface area contributed by atoms with Gasteiger partial charge in [0.25, 0.3) is 0 Å². The Kier molecular flexibility index (Phi) is 4.16. The lowest BCUT2D eigenvalue weighted by molar-refractivity contribution is -0.239. The number of hydrogen-bond donors (Lipinski definition) is 2. The molecule has 1 spiro atoms. The zero-order valence-corrected chi connectivity index (χ0v) is 13.7. The molecule has 1 aromatic rings. The van der Waals surface area contributed by atoms with Gasteiger partial charge in [-0.25, -0.2) is 4.98 Å². The van der Waals surface area contributed by atoms with Gasteiger partial charge in [-0.3, -0.25) is 4.79 Å². The Hall–Kier alpha value is -1.50. The first-order chi connectivity index (χ1) is 10.8. The fourth-order valence-corrected chi connectivity index (χ4v) is 3.56. The highest BCUT2D eigenvalue weighted by atomic mass is 16.5. The van der Waals surface area contributed by atoms with E-state index in [1.165, 1.54) is 6.92 Å². The van der Waals surface area contributed by atoms with E-state index in [-0.39, 0.29) is 5.78 Å². The van der Waals surface area contributed by atoms with E-state index < -0.39 is 17.3 Å². The Labute approximate surface area is 136 Å². The van der Waals surface area contributed by atoms with E-state index in [0.717, 1.165) is 5.82 Å². The second kappa shape index (κ2) is 5.85. The van der Waals surface area contributed by atoms with Crippen molar-refractivity contribution in [2.75, 3.05) is 24.6 Å². The molecular weight excluding hydrogens is 296 g/mol. The summed E-state index contributed by atoms with van der Waals surface area (Å²) in [5.41, 5.74) is -1.16. The van der Waals surface area contributed by atoms with E-state index in [0.29, 0.717) is 44.5 Å². The molecule has 2 aliphatic rings. The quantitative estimate of drug-likeness (QED) is 0.796. The molecule has 0 bridgehead atoms. The first kappa shape index (κ1) is 16.4. The van der Waals surface area contributed by atoms with Gasteiger partial charge in [0.15, 0.2) is 5.78 Å². The molecule has 2 N–H and O–H groups in total. The summed E-state index contributed by atoms with van der Waals surface area (Å²) in [6.45, 7) is 5.06. The van der Waals surface area contributed by atoms with Gasteiger partial charge in [-0.1, -0.05) is 0 Å². The topological polar surface area (TPSA) is 82.9 Å². The molecule has 0 saturated carbocycles. The Morgan fingerprint density at radius 2 is 2.04 bits per heavy atom. The lowest BCUT2D eigenvalue weighted by Crippen LogP contribution is -2.64. The average Bonchev–Trinajstić information content (AvgIpc) is 2.53. The standard InChI is InChI=1S/C17H24N2O4/c1-12(20)13-3-4-14(18-11-13)19-8-5-17(6-9-19)15(21)16(2,22)7-10-23-17/h3-4,11,15,21-22H,5-10H2,1-2H3/t15-,16+/m0/s1. The van der Waals surface area contributed by atoms with Gasteiger partial charge in [0.05, 0.1) is 12.2 Å². The highest BCUT2D eigenvalue weighted by Gasteiger charge is 2.52. The minimum absolute atomic E-state index is 0.00241. The van der Waals surface area contributed by atoms with Gasteiger partial charge in [0, 0.05) is 31.3 Å². The summed E-state index contributed by atoms with van der Waals surface area (Å²) in [6, 6.07) is 3.63. The number of nitrogens with zero attached hydrogens (tertiary/aromatic N) is 2. The summed E-state index contributed by atoms with van der Waals surface area (Å²) in [5.74, 6) is 0.824. The van der Waals surface area contributed by atoms with Crippen LogP contribution in [0.15, 0.2) is 18.3 Å². The Balaban J connectivity index is 1.69. The number of rotatable bonds is 2. The third kappa shape index (κ3) is 2.98. The molecule has 2 fully saturated rings. The molecule has 126 valence electrons. The summed E-state index contributed by atoms with van der Waals surface area (Å²) in [7, 11) is 0. The van der Waals surface area contributed by atoms with Gasteiger partial charge in [0.2, 0.25) is 0 Å². The molecule has 6 heteroatoms. The molecule has 2 atom stereocenters. The summed E-state index contributed by atoms with van der Waals surface area (Å²) in [4.78, 5) is 17.8. The average molecular weight is 320 g/mol. The molecule has 2 saturated heterocycles. The smallest absolute Gasteiger partial charge is 0.161 e. The van der Waals surface area contributed by atoms with Crippen LogP contribution in [0.3, 0.4) is 0 Å². The van der Waals surface area contributed by atoms with Crippen LogP contribution in [0.25, 0.3) is 0 Å². The van der Waals surface area contributed by atoms with E-state index in [9.17, 15) is 15.0 Å². The van der Waals surface area contributed by atoms with Gasteiger partial charge >= 0.3 is 0 Å². The number of ketones is 1. The van der Waals surface area contributed by atoms with Gasteiger partial charge < -0.3 is 19.8 Å². The molecule has 1 aromatic heterocycles. The zero-order valence-electron chi connectivity index (χ0n) is 13.7.